The van der Waals surface area contributed by atoms with Gasteiger partial charge in [-0.1, -0.05) is 40.9 Å². The van der Waals surface area contributed by atoms with Gasteiger partial charge in [-0.25, -0.2) is 0 Å². The SMILES string of the molecule is N#CC(C#N)C(c1ccc(Br)cc1)C1CCCCCC1=O. The Balaban J connectivity index is 2.40. The third-order valence-electron chi connectivity index (χ3n) is 4.18. The lowest BCUT2D eigenvalue weighted by Gasteiger charge is -2.26. The Kier molecular flexibility index (Phi) is 5.53. The van der Waals surface area contributed by atoms with Gasteiger partial charge in [-0.2, -0.15) is 10.5 Å². The molecule has 2 rings (SSSR count). The standard InChI is InChI=1S/C17H17BrN2O/c18-14-8-6-12(7-9-14)17(13(10-19)11-20)15-4-2-1-3-5-16(15)21/h6-9,13,15,17H,1-5H2. The van der Waals surface area contributed by atoms with Crippen LogP contribution >= 0.6 is 15.9 Å². The first-order chi connectivity index (χ1) is 10.2. The summed E-state index contributed by atoms with van der Waals surface area (Å²) in [6.45, 7) is 0. The minimum atomic E-state index is -0.779. The van der Waals surface area contributed by atoms with Gasteiger partial charge in [-0.15, -0.1) is 0 Å². The molecule has 0 saturated heterocycles. The molecule has 1 fully saturated rings. The molecule has 21 heavy (non-hydrogen) atoms. The van der Waals surface area contributed by atoms with E-state index in [0.29, 0.717) is 6.42 Å². The van der Waals surface area contributed by atoms with Gasteiger partial charge in [0, 0.05) is 22.7 Å². The van der Waals surface area contributed by atoms with Crippen molar-refractivity contribution < 1.29 is 4.79 Å². The highest BCUT2D eigenvalue weighted by atomic mass is 79.9. The van der Waals surface area contributed by atoms with Crippen LogP contribution in [0.2, 0.25) is 0 Å². The number of benzene rings is 1. The van der Waals surface area contributed by atoms with E-state index in [2.05, 4.69) is 28.1 Å². The van der Waals surface area contributed by atoms with Gasteiger partial charge in [0.05, 0.1) is 12.1 Å². The molecule has 0 amide bonds. The van der Waals surface area contributed by atoms with E-state index in [-0.39, 0.29) is 17.6 Å². The molecule has 0 spiro atoms. The lowest BCUT2D eigenvalue weighted by Crippen LogP contribution is -2.26. The smallest absolute Gasteiger partial charge is 0.140 e. The average Bonchev–Trinajstić information content (AvgIpc) is 2.71. The summed E-state index contributed by atoms with van der Waals surface area (Å²) in [6.07, 6.45) is 4.32. The molecule has 0 bridgehead atoms. The number of carbonyl (C=O) groups excluding carboxylic acids is 1. The summed E-state index contributed by atoms with van der Waals surface area (Å²) >= 11 is 3.39. The van der Waals surface area contributed by atoms with Gasteiger partial charge in [0.2, 0.25) is 0 Å². The fraction of sp³-hybridized carbons (Fsp3) is 0.471. The molecular formula is C17H17BrN2O. The van der Waals surface area contributed by atoms with Crippen molar-refractivity contribution in [2.75, 3.05) is 0 Å². The van der Waals surface area contributed by atoms with Crippen LogP contribution in [0.5, 0.6) is 0 Å². The number of hydrogen-bond acceptors (Lipinski definition) is 3. The first kappa shape index (κ1) is 15.7. The summed E-state index contributed by atoms with van der Waals surface area (Å²) in [4.78, 5) is 12.4. The second kappa shape index (κ2) is 7.38. The molecule has 1 aromatic rings. The molecule has 108 valence electrons. The summed E-state index contributed by atoms with van der Waals surface area (Å²) in [7, 11) is 0. The van der Waals surface area contributed by atoms with Crippen LogP contribution in [0.3, 0.4) is 0 Å². The van der Waals surface area contributed by atoms with E-state index in [1.54, 1.807) is 0 Å². The second-order valence-corrected chi connectivity index (χ2v) is 6.40. The van der Waals surface area contributed by atoms with Crippen LogP contribution in [0.1, 0.15) is 43.6 Å². The number of rotatable bonds is 3. The molecule has 0 aromatic heterocycles. The third kappa shape index (κ3) is 3.71. The first-order valence-corrected chi connectivity index (χ1v) is 8.04. The monoisotopic (exact) mass is 344 g/mol. The van der Waals surface area contributed by atoms with Crippen molar-refractivity contribution in [1.29, 1.82) is 10.5 Å². The lowest BCUT2D eigenvalue weighted by atomic mass is 9.74. The second-order valence-electron chi connectivity index (χ2n) is 5.49. The normalized spacial score (nSPS) is 20.4. The molecule has 1 aliphatic carbocycles. The maximum Gasteiger partial charge on any atom is 0.140 e. The largest absolute Gasteiger partial charge is 0.299 e. The number of Topliss-reactive ketones (excluding diaryl/α,β-unsaturated/α-hetero) is 1. The maximum absolute atomic E-state index is 12.4. The minimum absolute atomic E-state index is 0.205. The number of hydrogen-bond donors (Lipinski definition) is 0. The van der Waals surface area contributed by atoms with E-state index in [4.69, 9.17) is 0 Å². The van der Waals surface area contributed by atoms with E-state index >= 15 is 0 Å². The highest BCUT2D eigenvalue weighted by Gasteiger charge is 2.36. The van der Waals surface area contributed by atoms with Crippen molar-refractivity contribution in [3.05, 3.63) is 34.3 Å². The number of carbonyl (C=O) groups is 1. The summed E-state index contributed by atoms with van der Waals surface area (Å²) < 4.78 is 0.947. The van der Waals surface area contributed by atoms with Crippen molar-refractivity contribution in [3.63, 3.8) is 0 Å². The lowest BCUT2D eigenvalue weighted by molar-refractivity contribution is -0.123. The van der Waals surface area contributed by atoms with Crippen LogP contribution in [-0.2, 0) is 4.79 Å². The molecular weight excluding hydrogens is 328 g/mol. The Hall–Kier alpha value is -1.65. The van der Waals surface area contributed by atoms with Crippen molar-refractivity contribution in [3.8, 4) is 12.1 Å². The first-order valence-electron chi connectivity index (χ1n) is 7.24. The van der Waals surface area contributed by atoms with Crippen LogP contribution in [0, 0.1) is 34.5 Å². The maximum atomic E-state index is 12.4. The van der Waals surface area contributed by atoms with Crippen LogP contribution in [0.15, 0.2) is 28.7 Å². The number of halogens is 1. The van der Waals surface area contributed by atoms with E-state index < -0.39 is 5.92 Å². The average molecular weight is 345 g/mol. The molecule has 0 aliphatic heterocycles. The number of nitrogens with zero attached hydrogens (tertiary/aromatic N) is 2. The molecule has 0 N–H and O–H groups in total. The Morgan fingerprint density at radius 3 is 2.38 bits per heavy atom. The molecule has 1 saturated carbocycles. The van der Waals surface area contributed by atoms with Crippen LogP contribution in [0.25, 0.3) is 0 Å². The van der Waals surface area contributed by atoms with Crippen LogP contribution in [-0.4, -0.2) is 5.78 Å². The van der Waals surface area contributed by atoms with Gasteiger partial charge in [0.25, 0.3) is 0 Å². The van der Waals surface area contributed by atoms with Crippen molar-refractivity contribution in [1.82, 2.24) is 0 Å². The van der Waals surface area contributed by atoms with E-state index in [1.165, 1.54) is 0 Å². The highest BCUT2D eigenvalue weighted by Crippen LogP contribution is 2.38. The quantitative estimate of drug-likeness (QED) is 0.765. The predicted octanol–water partition coefficient (Wildman–Crippen LogP) is 4.35. The summed E-state index contributed by atoms with van der Waals surface area (Å²) in [5.41, 5.74) is 0.909. The molecule has 3 nitrogen and oxygen atoms in total. The Morgan fingerprint density at radius 2 is 1.76 bits per heavy atom. The summed E-state index contributed by atoms with van der Waals surface area (Å²) in [5.74, 6) is -1.11. The van der Waals surface area contributed by atoms with Crippen molar-refractivity contribution in [2.45, 2.75) is 38.0 Å². The fourth-order valence-corrected chi connectivity index (χ4v) is 3.36. The molecule has 0 heterocycles. The third-order valence-corrected chi connectivity index (χ3v) is 4.71. The van der Waals surface area contributed by atoms with Crippen LogP contribution < -0.4 is 0 Å². The Bertz CT molecular complexity index is 568. The molecule has 4 heteroatoms. The van der Waals surface area contributed by atoms with Gasteiger partial charge in [0.15, 0.2) is 0 Å². The van der Waals surface area contributed by atoms with Gasteiger partial charge in [-0.3, -0.25) is 4.79 Å². The number of nitriles is 2. The minimum Gasteiger partial charge on any atom is -0.299 e. The molecule has 2 unspecified atom stereocenters. The molecule has 2 atom stereocenters. The zero-order valence-corrected chi connectivity index (χ0v) is 13.3. The van der Waals surface area contributed by atoms with Gasteiger partial charge >= 0.3 is 0 Å². The molecule has 1 aliphatic rings. The van der Waals surface area contributed by atoms with E-state index in [0.717, 1.165) is 35.7 Å². The number of ketones is 1. The fourth-order valence-electron chi connectivity index (χ4n) is 3.10. The predicted molar refractivity (Wildman–Crippen MR) is 83.2 cm³/mol. The topological polar surface area (TPSA) is 64.7 Å². The van der Waals surface area contributed by atoms with E-state index in [1.807, 2.05) is 24.3 Å². The Morgan fingerprint density at radius 1 is 1.10 bits per heavy atom. The summed E-state index contributed by atoms with van der Waals surface area (Å²) in [6, 6.07) is 11.8. The van der Waals surface area contributed by atoms with Crippen molar-refractivity contribution >= 4 is 21.7 Å². The van der Waals surface area contributed by atoms with Gasteiger partial charge < -0.3 is 0 Å². The summed E-state index contributed by atoms with van der Waals surface area (Å²) in [5, 5.41) is 18.6. The highest BCUT2D eigenvalue weighted by molar-refractivity contribution is 9.10. The zero-order valence-electron chi connectivity index (χ0n) is 11.8. The van der Waals surface area contributed by atoms with Crippen LogP contribution in [0.4, 0.5) is 0 Å². The van der Waals surface area contributed by atoms with Gasteiger partial charge in [0.1, 0.15) is 11.7 Å². The van der Waals surface area contributed by atoms with Gasteiger partial charge in [-0.05, 0) is 30.5 Å². The van der Waals surface area contributed by atoms with Crippen molar-refractivity contribution in [2.24, 2.45) is 11.8 Å². The molecule has 1 aromatic carbocycles. The molecule has 0 radical (unpaired) electrons. The van der Waals surface area contributed by atoms with E-state index in [9.17, 15) is 15.3 Å². The Labute approximate surface area is 133 Å². The zero-order chi connectivity index (χ0) is 15.2.